The van der Waals surface area contributed by atoms with E-state index in [2.05, 4.69) is 31.0 Å². The maximum atomic E-state index is 14.6. The van der Waals surface area contributed by atoms with E-state index >= 15 is 0 Å². The molecule has 1 saturated carbocycles. The second kappa shape index (κ2) is 11.3. The SMILES string of the molecule is CN(C(=O)c1cc(/C(C=N)=C/Nc2c(Br)cc(C(F)(C(F)(F)F)C(F)(F)F)cc2OC(F)(F)F)cnc1Cl)C1CC1. The normalized spacial score (nSPS) is 15.0. The summed E-state index contributed by atoms with van der Waals surface area (Å²) < 4.78 is 136. The van der Waals surface area contributed by atoms with Crippen LogP contribution in [0.2, 0.25) is 5.15 Å². The molecule has 18 heteroatoms. The van der Waals surface area contributed by atoms with Gasteiger partial charge in [0.05, 0.1) is 11.3 Å². The summed E-state index contributed by atoms with van der Waals surface area (Å²) in [5.41, 5.74) is -9.37. The molecule has 0 spiro atoms. The largest absolute Gasteiger partial charge is 0.573 e. The van der Waals surface area contributed by atoms with Crippen LogP contribution in [-0.4, -0.2) is 53.8 Å². The quantitative estimate of drug-likeness (QED) is 0.168. The van der Waals surface area contributed by atoms with E-state index < -0.39 is 57.8 Å². The zero-order valence-corrected chi connectivity index (χ0v) is 22.5. The van der Waals surface area contributed by atoms with Crippen LogP contribution >= 0.6 is 27.5 Å². The monoisotopic (exact) mass is 684 g/mol. The van der Waals surface area contributed by atoms with Crippen molar-refractivity contribution >= 4 is 50.9 Å². The third kappa shape index (κ3) is 6.88. The number of benzene rings is 1. The number of amides is 1. The number of alkyl halides is 10. The Morgan fingerprint density at radius 2 is 1.68 bits per heavy atom. The molecule has 224 valence electrons. The average Bonchev–Trinajstić information content (AvgIpc) is 3.68. The number of nitrogens with zero attached hydrogens (tertiary/aromatic N) is 2. The van der Waals surface area contributed by atoms with Gasteiger partial charge < -0.3 is 20.4 Å². The Kier molecular flexibility index (Phi) is 8.94. The summed E-state index contributed by atoms with van der Waals surface area (Å²) in [6.07, 6.45) is -14.7. The van der Waals surface area contributed by atoms with Crippen LogP contribution in [0.5, 0.6) is 5.75 Å². The molecule has 0 aliphatic heterocycles. The lowest BCUT2D eigenvalue weighted by molar-refractivity contribution is -0.348. The molecular weight excluding hydrogens is 670 g/mol. The van der Waals surface area contributed by atoms with E-state index in [0.717, 1.165) is 25.2 Å². The molecule has 1 fully saturated rings. The highest BCUT2D eigenvalue weighted by Gasteiger charge is 2.73. The van der Waals surface area contributed by atoms with E-state index in [0.29, 0.717) is 6.21 Å². The Morgan fingerprint density at radius 3 is 2.17 bits per heavy atom. The predicted molar refractivity (Wildman–Crippen MR) is 130 cm³/mol. The van der Waals surface area contributed by atoms with Crippen molar-refractivity contribution in [2.75, 3.05) is 12.4 Å². The van der Waals surface area contributed by atoms with Gasteiger partial charge in [0.1, 0.15) is 5.15 Å². The van der Waals surface area contributed by atoms with Gasteiger partial charge in [-0.3, -0.25) is 4.79 Å². The standard InChI is InChI=1S/C23H16BrClF10N4O2/c1-39(13-2-3-13)19(40)14-4-10(8-38-18(14)25)11(7-36)9-37-17-15(24)5-12(6-16(17)41-23(33,34)35)20(26,21(27,28)29)22(30,31)32/h4-9,13,36-37H,2-3H2,1H3/b11-9+,36-7?. The van der Waals surface area contributed by atoms with Crippen molar-refractivity contribution in [3.8, 4) is 5.75 Å². The summed E-state index contributed by atoms with van der Waals surface area (Å²) in [6.45, 7) is 0. The number of nitrogens with one attached hydrogen (secondary N) is 2. The summed E-state index contributed by atoms with van der Waals surface area (Å²) in [5, 5.41) is 9.66. The van der Waals surface area contributed by atoms with E-state index in [4.69, 9.17) is 17.0 Å². The summed E-state index contributed by atoms with van der Waals surface area (Å²) in [7, 11) is 1.53. The highest BCUT2D eigenvalue weighted by molar-refractivity contribution is 9.10. The van der Waals surface area contributed by atoms with Crippen molar-refractivity contribution in [2.45, 2.75) is 43.3 Å². The third-order valence-electron chi connectivity index (χ3n) is 5.80. The van der Waals surface area contributed by atoms with Crippen LogP contribution in [0.25, 0.3) is 5.57 Å². The number of allylic oxidation sites excluding steroid dienone is 1. The van der Waals surface area contributed by atoms with Crippen molar-refractivity contribution in [3.05, 3.63) is 56.9 Å². The number of anilines is 1. The Labute approximate surface area is 237 Å². The smallest absolute Gasteiger partial charge is 0.404 e. The molecule has 0 bridgehead atoms. The zero-order valence-electron chi connectivity index (χ0n) is 20.2. The first kappa shape index (κ1) is 32.4. The lowest BCUT2D eigenvalue weighted by Crippen LogP contribution is -2.50. The van der Waals surface area contributed by atoms with Crippen molar-refractivity contribution < 1.29 is 53.4 Å². The number of rotatable bonds is 8. The summed E-state index contributed by atoms with van der Waals surface area (Å²) >= 11 is 8.59. The van der Waals surface area contributed by atoms with Gasteiger partial charge >= 0.3 is 24.4 Å². The Hall–Kier alpha value is -3.08. The van der Waals surface area contributed by atoms with Crippen molar-refractivity contribution in [3.63, 3.8) is 0 Å². The topological polar surface area (TPSA) is 78.3 Å². The molecule has 1 aromatic carbocycles. The van der Waals surface area contributed by atoms with E-state index in [-0.39, 0.29) is 34.0 Å². The van der Waals surface area contributed by atoms with Crippen molar-refractivity contribution in [2.24, 2.45) is 0 Å². The third-order valence-corrected chi connectivity index (χ3v) is 6.73. The van der Waals surface area contributed by atoms with Gasteiger partial charge in [-0.15, -0.1) is 13.2 Å². The van der Waals surface area contributed by atoms with Gasteiger partial charge in [-0.2, -0.15) is 26.3 Å². The van der Waals surface area contributed by atoms with E-state index in [1.165, 1.54) is 18.0 Å². The summed E-state index contributed by atoms with van der Waals surface area (Å²) in [6, 6.07) is 0.809. The van der Waals surface area contributed by atoms with Gasteiger partial charge in [-0.05, 0) is 47.0 Å². The Balaban J connectivity index is 2.09. The number of ether oxygens (including phenoxy) is 1. The van der Waals surface area contributed by atoms with E-state index in [1.807, 2.05) is 0 Å². The Bertz CT molecular complexity index is 1360. The van der Waals surface area contributed by atoms with Crippen LogP contribution in [0, 0.1) is 5.41 Å². The summed E-state index contributed by atoms with van der Waals surface area (Å²) in [5.74, 6) is -2.17. The first-order valence-electron chi connectivity index (χ1n) is 11.0. The van der Waals surface area contributed by atoms with Crippen molar-refractivity contribution in [1.29, 1.82) is 5.41 Å². The fourth-order valence-corrected chi connectivity index (χ4v) is 4.29. The second-order valence-electron chi connectivity index (χ2n) is 8.63. The molecule has 1 aromatic heterocycles. The molecule has 2 N–H and O–H groups in total. The number of aromatic nitrogens is 1. The molecule has 1 heterocycles. The molecule has 3 rings (SSSR count). The fourth-order valence-electron chi connectivity index (χ4n) is 3.55. The molecule has 1 amide bonds. The molecule has 6 nitrogen and oxygen atoms in total. The van der Waals surface area contributed by atoms with E-state index in [1.54, 1.807) is 0 Å². The molecule has 1 aliphatic carbocycles. The van der Waals surface area contributed by atoms with Crippen molar-refractivity contribution in [1.82, 2.24) is 9.88 Å². The minimum absolute atomic E-state index is 0.00763. The molecule has 0 saturated heterocycles. The van der Waals surface area contributed by atoms with Gasteiger partial charge in [-0.25, -0.2) is 9.37 Å². The van der Waals surface area contributed by atoms with Crippen LogP contribution in [0.3, 0.4) is 0 Å². The number of hydrogen-bond donors (Lipinski definition) is 2. The number of carbonyl (C=O) groups excluding carboxylic acids is 1. The number of hydrogen-bond acceptors (Lipinski definition) is 5. The van der Waals surface area contributed by atoms with Crippen LogP contribution in [-0.2, 0) is 5.67 Å². The second-order valence-corrected chi connectivity index (χ2v) is 9.84. The van der Waals surface area contributed by atoms with Crippen LogP contribution in [0.4, 0.5) is 49.6 Å². The number of halogens is 12. The first-order chi connectivity index (χ1) is 18.7. The molecule has 0 unspecified atom stereocenters. The molecule has 0 radical (unpaired) electrons. The lowest BCUT2D eigenvalue weighted by atomic mass is 9.93. The zero-order chi connectivity index (χ0) is 31.1. The lowest BCUT2D eigenvalue weighted by Gasteiger charge is -2.31. The highest BCUT2D eigenvalue weighted by Crippen LogP contribution is 2.55. The highest BCUT2D eigenvalue weighted by atomic mass is 79.9. The molecular formula is C23H16BrClF10N4O2. The van der Waals surface area contributed by atoms with Gasteiger partial charge in [0, 0.05) is 52.9 Å². The molecule has 41 heavy (non-hydrogen) atoms. The number of carbonyl (C=O) groups is 1. The molecule has 2 aromatic rings. The van der Waals surface area contributed by atoms with Crippen LogP contribution in [0.15, 0.2) is 35.1 Å². The fraction of sp³-hybridized carbons (Fsp3) is 0.348. The van der Waals surface area contributed by atoms with Gasteiger partial charge in [0.15, 0.2) is 5.75 Å². The maximum Gasteiger partial charge on any atom is 0.573 e. The van der Waals surface area contributed by atoms with Gasteiger partial charge in [-0.1, -0.05) is 11.6 Å². The van der Waals surface area contributed by atoms with Gasteiger partial charge in [0.2, 0.25) is 0 Å². The van der Waals surface area contributed by atoms with Crippen LogP contribution < -0.4 is 10.1 Å². The van der Waals surface area contributed by atoms with E-state index in [9.17, 15) is 48.7 Å². The summed E-state index contributed by atoms with van der Waals surface area (Å²) in [4.78, 5) is 18.0. The number of pyridine rings is 1. The predicted octanol–water partition coefficient (Wildman–Crippen LogP) is 8.02. The average molecular weight is 686 g/mol. The molecule has 0 atom stereocenters. The molecule has 1 aliphatic rings. The minimum Gasteiger partial charge on any atom is -0.404 e. The maximum absolute atomic E-state index is 14.6. The van der Waals surface area contributed by atoms with Gasteiger partial charge in [0.25, 0.3) is 5.91 Å². The Morgan fingerprint density at radius 1 is 1.10 bits per heavy atom. The van der Waals surface area contributed by atoms with Crippen LogP contribution in [0.1, 0.15) is 34.3 Å². The minimum atomic E-state index is -6.60. The first-order valence-corrected chi connectivity index (χ1v) is 12.2.